The summed E-state index contributed by atoms with van der Waals surface area (Å²) in [7, 11) is 1.86. The lowest BCUT2D eigenvalue weighted by Crippen LogP contribution is -2.44. The molecule has 2 N–H and O–H groups in total. The van der Waals surface area contributed by atoms with Gasteiger partial charge in [0.2, 0.25) is 5.91 Å². The maximum atomic E-state index is 12.2. The number of rotatable bonds is 4. The van der Waals surface area contributed by atoms with Crippen LogP contribution in [-0.4, -0.2) is 48.4 Å². The van der Waals surface area contributed by atoms with E-state index in [0.29, 0.717) is 19.1 Å². The molecular formula is C15H22BrN3O. The number of benzene rings is 1. The van der Waals surface area contributed by atoms with Gasteiger partial charge < -0.3 is 10.6 Å². The first-order chi connectivity index (χ1) is 9.54. The molecule has 110 valence electrons. The van der Waals surface area contributed by atoms with Crippen LogP contribution in [0.5, 0.6) is 0 Å². The van der Waals surface area contributed by atoms with Gasteiger partial charge >= 0.3 is 0 Å². The minimum absolute atomic E-state index is 0.170. The lowest BCUT2D eigenvalue weighted by Gasteiger charge is -2.30. The molecule has 0 unspecified atom stereocenters. The van der Waals surface area contributed by atoms with Gasteiger partial charge in [0.15, 0.2) is 0 Å². The standard InChI is InChI=1S/C15H22BrN3O/c1-18(10-12-2-4-13(16)5-3-12)15(20)11-19-8-6-14(17)7-9-19/h2-5,14H,6-11,17H2,1H3. The Balaban J connectivity index is 1.81. The van der Waals surface area contributed by atoms with Crippen LogP contribution in [-0.2, 0) is 11.3 Å². The van der Waals surface area contributed by atoms with Crippen LogP contribution in [0.2, 0.25) is 0 Å². The molecule has 1 aliphatic rings. The fourth-order valence-electron chi connectivity index (χ4n) is 2.37. The summed E-state index contributed by atoms with van der Waals surface area (Å²) in [6, 6.07) is 8.38. The van der Waals surface area contributed by atoms with Gasteiger partial charge in [0.1, 0.15) is 0 Å². The Bertz CT molecular complexity index is 441. The Morgan fingerprint density at radius 2 is 1.95 bits per heavy atom. The van der Waals surface area contributed by atoms with Gasteiger partial charge in [-0.1, -0.05) is 28.1 Å². The third-order valence-electron chi connectivity index (χ3n) is 3.75. The van der Waals surface area contributed by atoms with Gasteiger partial charge in [0.25, 0.3) is 0 Å². The van der Waals surface area contributed by atoms with Crippen molar-refractivity contribution in [3.63, 3.8) is 0 Å². The Labute approximate surface area is 129 Å². The van der Waals surface area contributed by atoms with Crippen molar-refractivity contribution in [2.24, 2.45) is 5.73 Å². The molecule has 5 heteroatoms. The number of hydrogen-bond acceptors (Lipinski definition) is 3. The van der Waals surface area contributed by atoms with Crippen molar-refractivity contribution in [2.75, 3.05) is 26.7 Å². The van der Waals surface area contributed by atoms with E-state index >= 15 is 0 Å². The monoisotopic (exact) mass is 339 g/mol. The fraction of sp³-hybridized carbons (Fsp3) is 0.533. The summed E-state index contributed by atoms with van der Waals surface area (Å²) in [6.07, 6.45) is 1.98. The number of nitrogens with two attached hydrogens (primary N) is 1. The minimum Gasteiger partial charge on any atom is -0.340 e. The van der Waals surface area contributed by atoms with E-state index in [1.54, 1.807) is 4.90 Å². The summed E-state index contributed by atoms with van der Waals surface area (Å²) in [5.74, 6) is 0.170. The van der Waals surface area contributed by atoms with Gasteiger partial charge in [0.05, 0.1) is 6.54 Å². The quantitative estimate of drug-likeness (QED) is 0.910. The number of nitrogens with zero attached hydrogens (tertiary/aromatic N) is 2. The zero-order valence-corrected chi connectivity index (χ0v) is 13.5. The molecule has 1 aromatic carbocycles. The summed E-state index contributed by atoms with van der Waals surface area (Å²) in [5.41, 5.74) is 7.02. The summed E-state index contributed by atoms with van der Waals surface area (Å²) in [5, 5.41) is 0. The molecule has 0 radical (unpaired) electrons. The smallest absolute Gasteiger partial charge is 0.236 e. The second-order valence-electron chi connectivity index (χ2n) is 5.49. The molecule has 0 spiro atoms. The highest BCUT2D eigenvalue weighted by Gasteiger charge is 2.19. The molecule has 0 aliphatic carbocycles. The lowest BCUT2D eigenvalue weighted by molar-refractivity contribution is -0.131. The minimum atomic E-state index is 0.170. The fourth-order valence-corrected chi connectivity index (χ4v) is 2.64. The van der Waals surface area contributed by atoms with Crippen molar-refractivity contribution in [2.45, 2.75) is 25.4 Å². The van der Waals surface area contributed by atoms with Gasteiger partial charge in [0, 0.05) is 37.2 Å². The number of hydrogen-bond donors (Lipinski definition) is 1. The number of piperidine rings is 1. The number of carbonyl (C=O) groups excluding carboxylic acids is 1. The Morgan fingerprint density at radius 3 is 2.55 bits per heavy atom. The molecule has 1 fully saturated rings. The number of amides is 1. The van der Waals surface area contributed by atoms with Crippen molar-refractivity contribution >= 4 is 21.8 Å². The van der Waals surface area contributed by atoms with E-state index < -0.39 is 0 Å². The first-order valence-electron chi connectivity index (χ1n) is 7.01. The first-order valence-corrected chi connectivity index (χ1v) is 7.80. The van der Waals surface area contributed by atoms with Crippen LogP contribution in [0.25, 0.3) is 0 Å². The molecule has 1 heterocycles. The van der Waals surface area contributed by atoms with Crippen molar-refractivity contribution < 1.29 is 4.79 Å². The average Bonchev–Trinajstić information content (AvgIpc) is 2.44. The molecule has 1 aromatic rings. The molecule has 1 saturated heterocycles. The molecule has 0 bridgehead atoms. The van der Waals surface area contributed by atoms with Gasteiger partial charge in [-0.05, 0) is 30.5 Å². The van der Waals surface area contributed by atoms with Crippen LogP contribution in [0.3, 0.4) is 0 Å². The van der Waals surface area contributed by atoms with Crippen LogP contribution >= 0.6 is 15.9 Å². The first kappa shape index (κ1) is 15.5. The molecule has 1 aliphatic heterocycles. The van der Waals surface area contributed by atoms with E-state index in [4.69, 9.17) is 5.73 Å². The molecule has 2 rings (SSSR count). The molecule has 0 saturated carbocycles. The maximum absolute atomic E-state index is 12.2. The van der Waals surface area contributed by atoms with Crippen LogP contribution in [0, 0.1) is 0 Å². The number of carbonyl (C=O) groups is 1. The van der Waals surface area contributed by atoms with E-state index in [9.17, 15) is 4.79 Å². The number of likely N-dealkylation sites (N-methyl/N-ethyl adjacent to an activating group) is 1. The lowest BCUT2D eigenvalue weighted by atomic mass is 10.1. The van der Waals surface area contributed by atoms with E-state index in [-0.39, 0.29) is 5.91 Å². The van der Waals surface area contributed by atoms with E-state index in [1.807, 2.05) is 31.3 Å². The van der Waals surface area contributed by atoms with Crippen molar-refractivity contribution in [3.8, 4) is 0 Å². The van der Waals surface area contributed by atoms with Crippen molar-refractivity contribution in [3.05, 3.63) is 34.3 Å². The molecule has 0 aromatic heterocycles. The van der Waals surface area contributed by atoms with Gasteiger partial charge in [-0.3, -0.25) is 9.69 Å². The number of likely N-dealkylation sites (tertiary alicyclic amines) is 1. The van der Waals surface area contributed by atoms with Gasteiger partial charge in [-0.15, -0.1) is 0 Å². The van der Waals surface area contributed by atoms with E-state index in [2.05, 4.69) is 20.8 Å². The van der Waals surface area contributed by atoms with Crippen molar-refractivity contribution in [1.29, 1.82) is 0 Å². The van der Waals surface area contributed by atoms with Crippen LogP contribution < -0.4 is 5.73 Å². The molecule has 20 heavy (non-hydrogen) atoms. The Kier molecular flexibility index (Phi) is 5.57. The maximum Gasteiger partial charge on any atom is 0.236 e. The third kappa shape index (κ3) is 4.58. The summed E-state index contributed by atoms with van der Waals surface area (Å²) in [4.78, 5) is 16.2. The van der Waals surface area contributed by atoms with E-state index in [1.165, 1.54) is 0 Å². The Morgan fingerprint density at radius 1 is 1.35 bits per heavy atom. The van der Waals surface area contributed by atoms with Crippen LogP contribution in [0.15, 0.2) is 28.7 Å². The van der Waals surface area contributed by atoms with Crippen LogP contribution in [0.1, 0.15) is 18.4 Å². The third-order valence-corrected chi connectivity index (χ3v) is 4.28. The largest absolute Gasteiger partial charge is 0.340 e. The molecule has 4 nitrogen and oxygen atoms in total. The predicted octanol–water partition coefficient (Wildman–Crippen LogP) is 1.83. The topological polar surface area (TPSA) is 49.6 Å². The highest BCUT2D eigenvalue weighted by Crippen LogP contribution is 2.12. The summed E-state index contributed by atoms with van der Waals surface area (Å²) in [6.45, 7) is 3.01. The second kappa shape index (κ2) is 7.20. The zero-order valence-electron chi connectivity index (χ0n) is 11.9. The number of halogens is 1. The molecule has 0 atom stereocenters. The zero-order chi connectivity index (χ0) is 14.5. The van der Waals surface area contributed by atoms with E-state index in [0.717, 1.165) is 36.0 Å². The second-order valence-corrected chi connectivity index (χ2v) is 6.41. The summed E-state index contributed by atoms with van der Waals surface area (Å²) >= 11 is 3.41. The highest BCUT2D eigenvalue weighted by molar-refractivity contribution is 9.10. The SMILES string of the molecule is CN(Cc1ccc(Br)cc1)C(=O)CN1CCC(N)CC1. The normalized spacial score (nSPS) is 17.1. The molecule has 1 amide bonds. The van der Waals surface area contributed by atoms with Crippen LogP contribution in [0.4, 0.5) is 0 Å². The highest BCUT2D eigenvalue weighted by atomic mass is 79.9. The Hall–Kier alpha value is -0.910. The predicted molar refractivity (Wildman–Crippen MR) is 84.3 cm³/mol. The average molecular weight is 340 g/mol. The molecular weight excluding hydrogens is 318 g/mol. The van der Waals surface area contributed by atoms with Gasteiger partial charge in [-0.2, -0.15) is 0 Å². The summed E-state index contributed by atoms with van der Waals surface area (Å²) < 4.78 is 1.06. The van der Waals surface area contributed by atoms with Crippen molar-refractivity contribution in [1.82, 2.24) is 9.80 Å². The van der Waals surface area contributed by atoms with Gasteiger partial charge in [-0.25, -0.2) is 0 Å².